The lowest BCUT2D eigenvalue weighted by Crippen LogP contribution is -2.29. The van der Waals surface area contributed by atoms with Crippen molar-refractivity contribution in [3.63, 3.8) is 0 Å². The Hall–Kier alpha value is -3.36. The fraction of sp³-hybridized carbons (Fsp3) is 0.278. The van der Waals surface area contributed by atoms with Crippen LogP contribution in [0, 0.1) is 5.82 Å². The molecule has 1 unspecified atom stereocenters. The standard InChI is InChI=1S/C18H17FN4O4/c19-11-4-13(22-17(24)21-12-2-1-3-20-8-12)6-15(5-11)27-16-7-14-10-26-18(25)23(14)9-16/h1-6,8,14,16H,7,9-10H2,(H2,21,22,24)/t14?,16-/m0/s1. The molecule has 8 nitrogen and oxygen atoms in total. The number of anilines is 2. The SMILES string of the molecule is O=C(Nc1cccnc1)Nc1cc(F)cc(O[C@H]2CC3COC(=O)N3C2)c1. The van der Waals surface area contributed by atoms with Crippen LogP contribution in [0.25, 0.3) is 0 Å². The Bertz CT molecular complexity index is 864. The van der Waals surface area contributed by atoms with Crippen molar-refractivity contribution >= 4 is 23.5 Å². The van der Waals surface area contributed by atoms with Gasteiger partial charge >= 0.3 is 12.1 Å². The van der Waals surface area contributed by atoms with E-state index in [1.54, 1.807) is 23.2 Å². The van der Waals surface area contributed by atoms with Gasteiger partial charge in [-0.3, -0.25) is 9.88 Å². The fourth-order valence-corrected chi connectivity index (χ4v) is 3.22. The van der Waals surface area contributed by atoms with Crippen molar-refractivity contribution in [3.8, 4) is 5.75 Å². The number of halogens is 1. The van der Waals surface area contributed by atoms with Crippen LogP contribution in [0.15, 0.2) is 42.7 Å². The van der Waals surface area contributed by atoms with E-state index in [9.17, 15) is 14.0 Å². The zero-order valence-corrected chi connectivity index (χ0v) is 14.2. The molecule has 2 aliphatic heterocycles. The third-order valence-corrected chi connectivity index (χ3v) is 4.36. The molecular weight excluding hydrogens is 355 g/mol. The van der Waals surface area contributed by atoms with Crippen LogP contribution in [0.4, 0.5) is 25.4 Å². The maximum atomic E-state index is 13.9. The number of aromatic nitrogens is 1. The topological polar surface area (TPSA) is 92.8 Å². The van der Waals surface area contributed by atoms with E-state index in [4.69, 9.17) is 9.47 Å². The number of benzene rings is 1. The van der Waals surface area contributed by atoms with E-state index in [0.717, 1.165) is 0 Å². The summed E-state index contributed by atoms with van der Waals surface area (Å²) < 4.78 is 24.7. The first-order valence-electron chi connectivity index (χ1n) is 8.45. The third-order valence-electron chi connectivity index (χ3n) is 4.36. The fourth-order valence-electron chi connectivity index (χ4n) is 3.22. The van der Waals surface area contributed by atoms with Crippen molar-refractivity contribution in [3.05, 3.63) is 48.5 Å². The summed E-state index contributed by atoms with van der Waals surface area (Å²) in [4.78, 5) is 29.1. The van der Waals surface area contributed by atoms with Gasteiger partial charge in [0.2, 0.25) is 0 Å². The number of amides is 3. The molecule has 0 bridgehead atoms. The molecule has 0 aliphatic carbocycles. The zero-order valence-electron chi connectivity index (χ0n) is 14.2. The lowest BCUT2D eigenvalue weighted by Gasteiger charge is -2.16. The predicted octanol–water partition coefficient (Wildman–Crippen LogP) is 2.84. The van der Waals surface area contributed by atoms with Crippen LogP contribution in [0.5, 0.6) is 5.75 Å². The van der Waals surface area contributed by atoms with E-state index < -0.39 is 11.8 Å². The van der Waals surface area contributed by atoms with Crippen LogP contribution in [0.2, 0.25) is 0 Å². The van der Waals surface area contributed by atoms with Gasteiger partial charge in [0.05, 0.1) is 24.5 Å². The smallest absolute Gasteiger partial charge is 0.410 e. The van der Waals surface area contributed by atoms with Crippen molar-refractivity contribution in [1.29, 1.82) is 0 Å². The number of hydrogen-bond acceptors (Lipinski definition) is 5. The molecule has 3 amide bonds. The van der Waals surface area contributed by atoms with Gasteiger partial charge in [-0.25, -0.2) is 14.0 Å². The van der Waals surface area contributed by atoms with E-state index in [0.29, 0.717) is 25.3 Å². The molecular formula is C18H17FN4O4. The highest BCUT2D eigenvalue weighted by Crippen LogP contribution is 2.29. The van der Waals surface area contributed by atoms with Crippen molar-refractivity contribution in [1.82, 2.24) is 9.88 Å². The van der Waals surface area contributed by atoms with Gasteiger partial charge in [0.1, 0.15) is 24.3 Å². The molecule has 3 heterocycles. The van der Waals surface area contributed by atoms with Gasteiger partial charge in [-0.1, -0.05) is 0 Å². The molecule has 2 fully saturated rings. The number of pyridine rings is 1. The molecule has 1 aromatic carbocycles. The first kappa shape index (κ1) is 17.1. The first-order chi connectivity index (χ1) is 13.1. The molecule has 140 valence electrons. The van der Waals surface area contributed by atoms with Gasteiger partial charge in [-0.2, -0.15) is 0 Å². The Balaban J connectivity index is 1.39. The molecule has 0 spiro atoms. The molecule has 2 aliphatic rings. The van der Waals surface area contributed by atoms with Gasteiger partial charge in [0, 0.05) is 30.4 Å². The Labute approximate surface area is 154 Å². The van der Waals surface area contributed by atoms with Crippen LogP contribution in [0.1, 0.15) is 6.42 Å². The number of nitrogens with one attached hydrogen (secondary N) is 2. The molecule has 2 N–H and O–H groups in total. The second-order valence-electron chi connectivity index (χ2n) is 6.36. The molecule has 2 atom stereocenters. The normalized spacial score (nSPS) is 20.8. The Morgan fingerprint density at radius 2 is 2.15 bits per heavy atom. The zero-order chi connectivity index (χ0) is 18.8. The average molecular weight is 372 g/mol. The van der Waals surface area contributed by atoms with E-state index >= 15 is 0 Å². The van der Waals surface area contributed by atoms with Gasteiger partial charge in [-0.15, -0.1) is 0 Å². The largest absolute Gasteiger partial charge is 0.488 e. The number of ether oxygens (including phenoxy) is 2. The summed E-state index contributed by atoms with van der Waals surface area (Å²) >= 11 is 0. The third kappa shape index (κ3) is 3.91. The number of carbonyl (C=O) groups is 2. The molecule has 27 heavy (non-hydrogen) atoms. The van der Waals surface area contributed by atoms with Crippen LogP contribution < -0.4 is 15.4 Å². The maximum absolute atomic E-state index is 13.9. The van der Waals surface area contributed by atoms with Gasteiger partial charge in [0.25, 0.3) is 0 Å². The molecule has 9 heteroatoms. The highest BCUT2D eigenvalue weighted by atomic mass is 19.1. The minimum absolute atomic E-state index is 0.00101. The molecule has 4 rings (SSSR count). The summed E-state index contributed by atoms with van der Waals surface area (Å²) in [6.45, 7) is 0.743. The van der Waals surface area contributed by atoms with Crippen molar-refractivity contribution in [2.24, 2.45) is 0 Å². The molecule has 1 aromatic heterocycles. The quantitative estimate of drug-likeness (QED) is 0.861. The number of urea groups is 1. The van der Waals surface area contributed by atoms with E-state index in [1.807, 2.05) is 0 Å². The minimum atomic E-state index is -0.540. The Kier molecular flexibility index (Phi) is 4.49. The average Bonchev–Trinajstić information content (AvgIpc) is 3.16. The van der Waals surface area contributed by atoms with Crippen LogP contribution in [0.3, 0.4) is 0 Å². The van der Waals surface area contributed by atoms with Crippen LogP contribution in [-0.4, -0.2) is 47.3 Å². The van der Waals surface area contributed by atoms with Crippen molar-refractivity contribution in [2.45, 2.75) is 18.6 Å². The second kappa shape index (κ2) is 7.10. The summed E-state index contributed by atoms with van der Waals surface area (Å²) in [6, 6.07) is 6.82. The lowest BCUT2D eigenvalue weighted by atomic mass is 10.2. The first-order valence-corrected chi connectivity index (χ1v) is 8.45. The molecule has 2 saturated heterocycles. The highest BCUT2D eigenvalue weighted by Gasteiger charge is 2.42. The van der Waals surface area contributed by atoms with Crippen LogP contribution in [-0.2, 0) is 4.74 Å². The Morgan fingerprint density at radius 1 is 1.30 bits per heavy atom. The lowest BCUT2D eigenvalue weighted by molar-refractivity contribution is 0.143. The van der Waals surface area contributed by atoms with E-state index in [-0.39, 0.29) is 29.7 Å². The number of fused-ring (bicyclic) bond motifs is 1. The Morgan fingerprint density at radius 3 is 2.93 bits per heavy atom. The number of nitrogens with zero attached hydrogens (tertiary/aromatic N) is 2. The monoisotopic (exact) mass is 372 g/mol. The summed E-state index contributed by atoms with van der Waals surface area (Å²) in [5.41, 5.74) is 0.769. The summed E-state index contributed by atoms with van der Waals surface area (Å²) in [7, 11) is 0. The number of cyclic esters (lactones) is 1. The van der Waals surface area contributed by atoms with E-state index in [1.165, 1.54) is 24.4 Å². The maximum Gasteiger partial charge on any atom is 0.410 e. The van der Waals surface area contributed by atoms with Gasteiger partial charge in [0.15, 0.2) is 0 Å². The molecule has 2 aromatic rings. The summed E-state index contributed by atoms with van der Waals surface area (Å²) in [5, 5.41) is 5.16. The number of rotatable bonds is 4. The minimum Gasteiger partial charge on any atom is -0.488 e. The highest BCUT2D eigenvalue weighted by molar-refractivity contribution is 5.99. The van der Waals surface area contributed by atoms with Gasteiger partial charge < -0.3 is 20.1 Å². The summed E-state index contributed by atoms with van der Waals surface area (Å²) in [5.74, 6) is -0.256. The molecule has 0 radical (unpaired) electrons. The number of hydrogen-bond donors (Lipinski definition) is 2. The van der Waals surface area contributed by atoms with Crippen molar-refractivity contribution in [2.75, 3.05) is 23.8 Å². The van der Waals surface area contributed by atoms with Gasteiger partial charge in [-0.05, 0) is 18.2 Å². The molecule has 0 saturated carbocycles. The number of carbonyl (C=O) groups excluding carboxylic acids is 2. The van der Waals surface area contributed by atoms with Crippen molar-refractivity contribution < 1.29 is 23.5 Å². The van der Waals surface area contributed by atoms with Crippen LogP contribution >= 0.6 is 0 Å². The van der Waals surface area contributed by atoms with E-state index in [2.05, 4.69) is 15.6 Å². The summed E-state index contributed by atoms with van der Waals surface area (Å²) in [6.07, 6.45) is 3.11. The second-order valence-corrected chi connectivity index (χ2v) is 6.36. The predicted molar refractivity (Wildman–Crippen MR) is 94.2 cm³/mol.